The summed E-state index contributed by atoms with van der Waals surface area (Å²) in [7, 11) is 1.92. The Hall–Kier alpha value is -0.860. The molecule has 0 aromatic rings. The summed E-state index contributed by atoms with van der Waals surface area (Å²) in [6.07, 6.45) is 15.4. The van der Waals surface area contributed by atoms with E-state index in [1.54, 1.807) is 0 Å². The molecule has 0 aliphatic heterocycles. The van der Waals surface area contributed by atoms with Gasteiger partial charge in [-0.05, 0) is 85.9 Å². The van der Waals surface area contributed by atoms with E-state index in [9.17, 15) is 5.11 Å². The topological polar surface area (TPSA) is 29.5 Å². The van der Waals surface area contributed by atoms with Gasteiger partial charge >= 0.3 is 0 Å². The van der Waals surface area contributed by atoms with E-state index >= 15 is 0 Å². The van der Waals surface area contributed by atoms with Crippen molar-refractivity contribution < 1.29 is 9.84 Å². The highest BCUT2D eigenvalue weighted by atomic mass is 16.5. The summed E-state index contributed by atoms with van der Waals surface area (Å²) in [6, 6.07) is 0. The van der Waals surface area contributed by atoms with Crippen LogP contribution in [0.25, 0.3) is 0 Å². The first-order chi connectivity index (χ1) is 15.3. The average molecular weight is 455 g/mol. The molecule has 0 bridgehead atoms. The van der Waals surface area contributed by atoms with Crippen LogP contribution in [0, 0.1) is 45.3 Å². The van der Waals surface area contributed by atoms with Gasteiger partial charge in [-0.1, -0.05) is 77.5 Å². The van der Waals surface area contributed by atoms with Gasteiger partial charge in [0, 0.05) is 18.4 Å². The number of ether oxygens (including phenoxy) is 1. The SMILES string of the molecule is C=C(C)/C=C/C[C@@H](C)[C@H]1CC[C@@]2(C)[C@@H]3[C@@H](OC)C=C4[C@@H](CC[C@H](O)C4(C)C)[C@]3(C)CC[C@]12C. The Kier molecular flexibility index (Phi) is 6.40. The molecule has 33 heavy (non-hydrogen) atoms. The van der Waals surface area contributed by atoms with E-state index in [2.05, 4.69) is 73.3 Å². The summed E-state index contributed by atoms with van der Waals surface area (Å²) in [5.74, 6) is 2.56. The van der Waals surface area contributed by atoms with Crippen molar-refractivity contribution in [2.24, 2.45) is 45.3 Å². The van der Waals surface area contributed by atoms with Crippen molar-refractivity contribution in [1.29, 1.82) is 0 Å². The molecule has 0 unspecified atom stereocenters. The van der Waals surface area contributed by atoms with Crippen molar-refractivity contribution in [1.82, 2.24) is 0 Å². The molecule has 4 aliphatic rings. The number of allylic oxidation sites excluding steroid dienone is 3. The predicted octanol–water partition coefficient (Wildman–Crippen LogP) is 7.74. The van der Waals surface area contributed by atoms with Gasteiger partial charge in [0.25, 0.3) is 0 Å². The fourth-order valence-electron chi connectivity index (χ4n) is 9.54. The second-order valence-corrected chi connectivity index (χ2v) is 13.6. The van der Waals surface area contributed by atoms with Crippen LogP contribution in [0.1, 0.15) is 93.4 Å². The molecule has 3 fully saturated rings. The predicted molar refractivity (Wildman–Crippen MR) is 139 cm³/mol. The third-order valence-electron chi connectivity index (χ3n) is 11.7. The quantitative estimate of drug-likeness (QED) is 0.340. The normalized spacial score (nSPS) is 47.4. The van der Waals surface area contributed by atoms with Gasteiger partial charge in [0.1, 0.15) is 0 Å². The summed E-state index contributed by atoms with van der Waals surface area (Å²) in [5.41, 5.74) is 3.34. The van der Waals surface area contributed by atoms with Crippen molar-refractivity contribution >= 4 is 0 Å². The van der Waals surface area contributed by atoms with Crippen molar-refractivity contribution in [2.45, 2.75) is 106 Å². The number of methoxy groups -OCH3 is 1. The van der Waals surface area contributed by atoms with Gasteiger partial charge in [0.15, 0.2) is 0 Å². The Morgan fingerprint density at radius 3 is 2.45 bits per heavy atom. The lowest BCUT2D eigenvalue weighted by Crippen LogP contribution is -2.63. The van der Waals surface area contributed by atoms with E-state index in [1.807, 2.05) is 7.11 Å². The molecule has 0 aromatic carbocycles. The first-order valence-corrected chi connectivity index (χ1v) is 13.6. The molecule has 4 aliphatic carbocycles. The number of hydrogen-bond donors (Lipinski definition) is 1. The van der Waals surface area contributed by atoms with E-state index in [0.717, 1.165) is 30.8 Å². The summed E-state index contributed by atoms with van der Waals surface area (Å²) >= 11 is 0. The molecule has 0 radical (unpaired) electrons. The van der Waals surface area contributed by atoms with Crippen LogP contribution in [0.5, 0.6) is 0 Å². The largest absolute Gasteiger partial charge is 0.392 e. The zero-order valence-corrected chi connectivity index (χ0v) is 22.7. The van der Waals surface area contributed by atoms with Crippen molar-refractivity contribution in [3.8, 4) is 0 Å². The summed E-state index contributed by atoms with van der Waals surface area (Å²) < 4.78 is 6.33. The molecule has 0 heterocycles. The molecule has 2 heteroatoms. The molecule has 1 N–H and O–H groups in total. The number of hydrogen-bond acceptors (Lipinski definition) is 2. The first-order valence-electron chi connectivity index (χ1n) is 13.6. The van der Waals surface area contributed by atoms with E-state index in [0.29, 0.717) is 23.2 Å². The minimum atomic E-state index is -0.244. The van der Waals surface area contributed by atoms with Crippen LogP contribution < -0.4 is 0 Å². The fourth-order valence-corrected chi connectivity index (χ4v) is 9.54. The minimum Gasteiger partial charge on any atom is -0.392 e. The lowest BCUT2D eigenvalue weighted by atomic mass is 9.38. The number of aliphatic hydroxyl groups is 1. The molecule has 4 rings (SSSR count). The van der Waals surface area contributed by atoms with Gasteiger partial charge in [-0.25, -0.2) is 0 Å². The Morgan fingerprint density at radius 2 is 1.82 bits per heavy atom. The fraction of sp³-hybridized carbons (Fsp3) is 0.806. The second-order valence-electron chi connectivity index (χ2n) is 13.6. The van der Waals surface area contributed by atoms with Gasteiger partial charge in [-0.3, -0.25) is 0 Å². The Morgan fingerprint density at radius 1 is 1.12 bits per heavy atom. The van der Waals surface area contributed by atoms with Crippen molar-refractivity contribution in [2.75, 3.05) is 7.11 Å². The van der Waals surface area contributed by atoms with Crippen LogP contribution in [0.2, 0.25) is 0 Å². The van der Waals surface area contributed by atoms with Crippen molar-refractivity contribution in [3.63, 3.8) is 0 Å². The minimum absolute atomic E-state index is 0.146. The van der Waals surface area contributed by atoms with Crippen LogP contribution in [-0.2, 0) is 4.74 Å². The number of fused-ring (bicyclic) bond motifs is 5. The van der Waals surface area contributed by atoms with Crippen molar-refractivity contribution in [3.05, 3.63) is 36.0 Å². The smallest absolute Gasteiger partial charge is 0.0793 e. The van der Waals surface area contributed by atoms with Gasteiger partial charge in [0.05, 0.1) is 12.2 Å². The molecule has 0 saturated heterocycles. The third-order valence-corrected chi connectivity index (χ3v) is 11.7. The summed E-state index contributed by atoms with van der Waals surface area (Å²) in [4.78, 5) is 0. The highest BCUT2D eigenvalue weighted by Crippen LogP contribution is 2.75. The average Bonchev–Trinajstić information content (AvgIpc) is 3.01. The molecule has 9 atom stereocenters. The first kappa shape index (κ1) is 25.2. The summed E-state index contributed by atoms with van der Waals surface area (Å²) in [5, 5.41) is 10.9. The zero-order chi connectivity index (χ0) is 24.4. The maximum Gasteiger partial charge on any atom is 0.0793 e. The molecule has 2 nitrogen and oxygen atoms in total. The Labute approximate surface area is 204 Å². The van der Waals surface area contributed by atoms with Gasteiger partial charge in [-0.15, -0.1) is 0 Å². The lowest BCUT2D eigenvalue weighted by molar-refractivity contribution is -0.182. The van der Waals surface area contributed by atoms with E-state index in [4.69, 9.17) is 4.74 Å². The van der Waals surface area contributed by atoms with Gasteiger partial charge in [-0.2, -0.15) is 0 Å². The molecule has 0 spiro atoms. The van der Waals surface area contributed by atoms with Crippen LogP contribution in [0.3, 0.4) is 0 Å². The molecular weight excluding hydrogens is 404 g/mol. The van der Waals surface area contributed by atoms with E-state index < -0.39 is 0 Å². The highest BCUT2D eigenvalue weighted by molar-refractivity contribution is 5.32. The third kappa shape index (κ3) is 3.56. The maximum absolute atomic E-state index is 10.9. The van der Waals surface area contributed by atoms with Gasteiger partial charge in [0.2, 0.25) is 0 Å². The molecule has 0 aromatic heterocycles. The maximum atomic E-state index is 10.9. The molecular formula is C31H50O2. The Bertz CT molecular complexity index is 836. The number of rotatable bonds is 5. The monoisotopic (exact) mass is 454 g/mol. The van der Waals surface area contributed by atoms with Crippen LogP contribution >= 0.6 is 0 Å². The van der Waals surface area contributed by atoms with Crippen LogP contribution in [-0.4, -0.2) is 24.4 Å². The standard InChI is InChI=1S/C31H50O2/c1-20(2)11-10-12-21(3)22-15-16-31(8)27-25(33-9)19-24-23(13-14-26(32)28(24,4)5)29(27,6)17-18-30(22,31)7/h10-11,19,21-23,25-27,32H,1,12-18H2,2-9H3/b11-10+/t21-,22-,23-,25+,26+,27-,29+,30-,31+/m1/s1. The summed E-state index contributed by atoms with van der Waals surface area (Å²) in [6.45, 7) is 21.0. The van der Waals surface area contributed by atoms with Gasteiger partial charge < -0.3 is 9.84 Å². The second kappa shape index (κ2) is 8.37. The van der Waals surface area contributed by atoms with Crippen LogP contribution in [0.15, 0.2) is 36.0 Å². The molecule has 0 amide bonds. The van der Waals surface area contributed by atoms with Crippen LogP contribution in [0.4, 0.5) is 0 Å². The number of aliphatic hydroxyl groups excluding tert-OH is 1. The highest BCUT2D eigenvalue weighted by Gasteiger charge is 2.69. The van der Waals surface area contributed by atoms with E-state index in [1.165, 1.54) is 31.3 Å². The zero-order valence-electron chi connectivity index (χ0n) is 22.7. The lowest BCUT2D eigenvalue weighted by Gasteiger charge is -2.67. The molecule has 186 valence electrons. The van der Waals surface area contributed by atoms with E-state index in [-0.39, 0.29) is 28.5 Å². The molecule has 3 saturated carbocycles. The Balaban J connectivity index is 1.72.